The van der Waals surface area contributed by atoms with Gasteiger partial charge in [0.2, 0.25) is 0 Å². The van der Waals surface area contributed by atoms with E-state index in [1.807, 2.05) is 6.92 Å². The van der Waals surface area contributed by atoms with Gasteiger partial charge in [-0.3, -0.25) is 14.3 Å². The number of carbonyl (C=O) groups is 2. The lowest BCUT2D eigenvalue weighted by atomic mass is 9.95. The maximum atomic E-state index is 12.8. The van der Waals surface area contributed by atoms with Crippen LogP contribution in [0.4, 0.5) is 0 Å². The molecule has 0 saturated heterocycles. The number of hydrogen-bond donors (Lipinski definition) is 3. The number of thiocarbonyl (C=S) groups is 1. The van der Waals surface area contributed by atoms with Crippen molar-refractivity contribution >= 4 is 51.1 Å². The second-order valence-corrected chi connectivity index (χ2v) is 9.65. The first-order valence-corrected chi connectivity index (χ1v) is 12.0. The molecule has 11 heteroatoms. The monoisotopic (exact) mass is 495 g/mol. The zero-order chi connectivity index (χ0) is 23.5. The van der Waals surface area contributed by atoms with Gasteiger partial charge < -0.3 is 15.4 Å². The number of nitrogens with one attached hydrogen (secondary N) is 3. The van der Waals surface area contributed by atoms with Gasteiger partial charge in [0, 0.05) is 24.1 Å². The van der Waals surface area contributed by atoms with Gasteiger partial charge >= 0.3 is 0 Å². The molecule has 1 amide bonds. The third-order valence-electron chi connectivity index (χ3n) is 5.01. The van der Waals surface area contributed by atoms with Crippen molar-refractivity contribution in [3.63, 3.8) is 0 Å². The maximum Gasteiger partial charge on any atom is 0.260 e. The molecular formula is C21H22ClN3O5S2. The van der Waals surface area contributed by atoms with Crippen LogP contribution in [0, 0.1) is 0 Å². The van der Waals surface area contributed by atoms with Gasteiger partial charge in [0.05, 0.1) is 16.5 Å². The quantitative estimate of drug-likeness (QED) is 0.410. The van der Waals surface area contributed by atoms with Gasteiger partial charge in [-0.25, -0.2) is 8.42 Å². The number of amides is 1. The fourth-order valence-corrected chi connectivity index (χ4v) is 5.27. The Balaban J connectivity index is 1.85. The number of hydrogen-bond acceptors (Lipinski definition) is 6. The van der Waals surface area contributed by atoms with E-state index in [-0.39, 0.29) is 34.2 Å². The number of benzene rings is 1. The minimum absolute atomic E-state index is 0.00533. The maximum absolute atomic E-state index is 12.8. The van der Waals surface area contributed by atoms with E-state index in [0.717, 1.165) is 0 Å². The molecule has 1 atom stereocenters. The Kier molecular flexibility index (Phi) is 7.37. The SMILES string of the molecule is CCC1=C(S(=O)(=O)NC(=S)NC)CC2=CC(NC(=O)c3cc(Cl)ccc3C=O)COC2=C1. The summed E-state index contributed by atoms with van der Waals surface area (Å²) in [6, 6.07) is 3.89. The fourth-order valence-electron chi connectivity index (χ4n) is 3.41. The minimum Gasteiger partial charge on any atom is -0.491 e. The second kappa shape index (κ2) is 9.85. The van der Waals surface area contributed by atoms with Crippen molar-refractivity contribution in [2.75, 3.05) is 13.7 Å². The van der Waals surface area contributed by atoms with E-state index in [0.29, 0.717) is 34.6 Å². The molecule has 3 rings (SSSR count). The van der Waals surface area contributed by atoms with E-state index in [4.69, 9.17) is 28.6 Å². The van der Waals surface area contributed by atoms with Gasteiger partial charge in [-0.05, 0) is 54.1 Å². The molecule has 0 bridgehead atoms. The molecule has 2 aliphatic rings. The summed E-state index contributed by atoms with van der Waals surface area (Å²) < 4.78 is 33.8. The minimum atomic E-state index is -3.86. The lowest BCUT2D eigenvalue weighted by Crippen LogP contribution is -2.40. The molecule has 3 N–H and O–H groups in total. The first kappa shape index (κ1) is 24.0. The van der Waals surface area contributed by atoms with Crippen LogP contribution in [0.25, 0.3) is 0 Å². The lowest BCUT2D eigenvalue weighted by Gasteiger charge is -2.29. The largest absolute Gasteiger partial charge is 0.491 e. The molecule has 32 heavy (non-hydrogen) atoms. The molecular weight excluding hydrogens is 474 g/mol. The highest BCUT2D eigenvalue weighted by molar-refractivity contribution is 7.95. The number of halogens is 1. The Hall–Kier alpha value is -2.69. The molecule has 0 saturated carbocycles. The summed E-state index contributed by atoms with van der Waals surface area (Å²) in [6.07, 6.45) is 4.63. The van der Waals surface area contributed by atoms with Crippen molar-refractivity contribution in [1.82, 2.24) is 15.4 Å². The Labute approximate surface area is 196 Å². The van der Waals surface area contributed by atoms with Crippen LogP contribution in [0.15, 0.2) is 52.2 Å². The first-order chi connectivity index (χ1) is 15.2. The van der Waals surface area contributed by atoms with Crippen molar-refractivity contribution in [3.05, 3.63) is 68.3 Å². The molecule has 0 fully saturated rings. The van der Waals surface area contributed by atoms with Crippen LogP contribution in [0.1, 0.15) is 40.5 Å². The van der Waals surface area contributed by atoms with Gasteiger partial charge in [0.1, 0.15) is 12.4 Å². The number of fused-ring (bicyclic) bond motifs is 1. The number of rotatable bonds is 6. The average molecular weight is 496 g/mol. The van der Waals surface area contributed by atoms with E-state index in [1.165, 1.54) is 25.2 Å². The van der Waals surface area contributed by atoms with E-state index in [1.54, 1.807) is 12.2 Å². The van der Waals surface area contributed by atoms with Gasteiger partial charge in [0.25, 0.3) is 15.9 Å². The third kappa shape index (κ3) is 5.20. The van der Waals surface area contributed by atoms with Gasteiger partial charge in [-0.1, -0.05) is 24.6 Å². The Morgan fingerprint density at radius 2 is 2.12 bits per heavy atom. The van der Waals surface area contributed by atoms with Crippen LogP contribution >= 0.6 is 23.8 Å². The van der Waals surface area contributed by atoms with E-state index in [9.17, 15) is 18.0 Å². The number of ether oxygens (including phenoxy) is 1. The standard InChI is InChI=1S/C21H22ClN3O5S2/c1-3-12-7-18-14(8-19(12)32(28,29)25-21(31)23-2)6-16(11-30-18)24-20(27)17-9-15(22)5-4-13(17)10-26/h4-7,9-10,16H,3,8,11H2,1-2H3,(H,24,27)(H2,23,25,31). The zero-order valence-corrected chi connectivity index (χ0v) is 19.8. The van der Waals surface area contributed by atoms with E-state index < -0.39 is 22.0 Å². The van der Waals surface area contributed by atoms with Crippen LogP contribution in [0.5, 0.6) is 0 Å². The summed E-state index contributed by atoms with van der Waals surface area (Å²) in [5.74, 6) is 0.0841. The highest BCUT2D eigenvalue weighted by Crippen LogP contribution is 2.35. The number of aldehydes is 1. The molecule has 170 valence electrons. The van der Waals surface area contributed by atoms with Crippen molar-refractivity contribution in [2.24, 2.45) is 0 Å². The van der Waals surface area contributed by atoms with Crippen molar-refractivity contribution < 1.29 is 22.7 Å². The molecule has 1 aliphatic heterocycles. The summed E-state index contributed by atoms with van der Waals surface area (Å²) in [5, 5.41) is 5.71. The predicted molar refractivity (Wildman–Crippen MR) is 126 cm³/mol. The van der Waals surface area contributed by atoms with Crippen molar-refractivity contribution in [1.29, 1.82) is 0 Å². The normalized spacial score (nSPS) is 17.9. The molecule has 1 heterocycles. The first-order valence-electron chi connectivity index (χ1n) is 9.76. The molecule has 0 spiro atoms. The Morgan fingerprint density at radius 3 is 2.78 bits per heavy atom. The van der Waals surface area contributed by atoms with Crippen molar-refractivity contribution in [3.8, 4) is 0 Å². The average Bonchev–Trinajstić information content (AvgIpc) is 2.77. The molecule has 1 aromatic rings. The Bertz CT molecular complexity index is 1170. The van der Waals surface area contributed by atoms with Gasteiger partial charge in [-0.2, -0.15) is 0 Å². The second-order valence-electron chi connectivity index (χ2n) is 7.10. The summed E-state index contributed by atoms with van der Waals surface area (Å²) in [7, 11) is -2.33. The zero-order valence-electron chi connectivity index (χ0n) is 17.4. The highest BCUT2D eigenvalue weighted by atomic mass is 35.5. The summed E-state index contributed by atoms with van der Waals surface area (Å²) in [6.45, 7) is 2.02. The van der Waals surface area contributed by atoms with Crippen LogP contribution in [-0.2, 0) is 14.8 Å². The van der Waals surface area contributed by atoms with Crippen molar-refractivity contribution in [2.45, 2.75) is 25.8 Å². The summed E-state index contributed by atoms with van der Waals surface area (Å²) >= 11 is 10.9. The molecule has 1 unspecified atom stereocenters. The topological polar surface area (TPSA) is 114 Å². The number of allylic oxidation sites excluding steroid dienone is 4. The predicted octanol–water partition coefficient (Wildman–Crippen LogP) is 2.58. The van der Waals surface area contributed by atoms with E-state index in [2.05, 4.69) is 15.4 Å². The van der Waals surface area contributed by atoms with Crippen LogP contribution in [0.2, 0.25) is 5.02 Å². The molecule has 1 aromatic carbocycles. The smallest absolute Gasteiger partial charge is 0.260 e. The van der Waals surface area contributed by atoms with Crippen LogP contribution < -0.4 is 15.4 Å². The fraction of sp³-hybridized carbons (Fsp3) is 0.286. The summed E-state index contributed by atoms with van der Waals surface area (Å²) in [4.78, 5) is 24.2. The molecule has 8 nitrogen and oxygen atoms in total. The molecule has 0 radical (unpaired) electrons. The van der Waals surface area contributed by atoms with Gasteiger partial charge in [0.15, 0.2) is 11.4 Å². The lowest BCUT2D eigenvalue weighted by molar-refractivity contribution is 0.0910. The van der Waals surface area contributed by atoms with Crippen LogP contribution in [-0.4, -0.2) is 45.4 Å². The van der Waals surface area contributed by atoms with E-state index >= 15 is 0 Å². The van der Waals surface area contributed by atoms with Crippen LogP contribution in [0.3, 0.4) is 0 Å². The molecule has 0 aromatic heterocycles. The third-order valence-corrected chi connectivity index (χ3v) is 7.21. The number of sulfonamides is 1. The summed E-state index contributed by atoms with van der Waals surface area (Å²) in [5.41, 5.74) is 1.62. The Morgan fingerprint density at radius 1 is 1.38 bits per heavy atom. The number of carbonyl (C=O) groups excluding carboxylic acids is 2. The van der Waals surface area contributed by atoms with Gasteiger partial charge in [-0.15, -0.1) is 0 Å². The molecule has 1 aliphatic carbocycles. The highest BCUT2D eigenvalue weighted by Gasteiger charge is 2.31.